The lowest BCUT2D eigenvalue weighted by molar-refractivity contribution is -0.896. The zero-order valence-corrected chi connectivity index (χ0v) is 15.4. The van der Waals surface area contributed by atoms with Crippen molar-refractivity contribution in [1.29, 1.82) is 0 Å². The monoisotopic (exact) mass is 360 g/mol. The minimum Gasteiger partial charge on any atom is -0.435 e. The molecule has 3 N–H and O–H groups in total. The van der Waals surface area contributed by atoms with E-state index < -0.39 is 6.61 Å². The Morgan fingerprint density at radius 2 is 1.83 bits per heavy atom. The van der Waals surface area contributed by atoms with E-state index in [0.29, 0.717) is 5.11 Å². The van der Waals surface area contributed by atoms with E-state index in [1.165, 1.54) is 18.7 Å². The quantitative estimate of drug-likeness (QED) is 0.561. The molecule has 1 aromatic carbocycles. The molecule has 0 aliphatic heterocycles. The normalized spacial score (nSPS) is 12.3. The van der Waals surface area contributed by atoms with Crippen LogP contribution in [0.25, 0.3) is 0 Å². The van der Waals surface area contributed by atoms with Crippen LogP contribution in [-0.4, -0.2) is 37.4 Å². The summed E-state index contributed by atoms with van der Waals surface area (Å²) in [5.74, 6) is 0.127. The van der Waals surface area contributed by atoms with Crippen LogP contribution < -0.4 is 20.3 Å². The summed E-state index contributed by atoms with van der Waals surface area (Å²) in [7, 11) is 0. The lowest BCUT2D eigenvalue weighted by atomic mass is 10.2. The molecule has 1 rings (SSSR count). The van der Waals surface area contributed by atoms with E-state index in [1.54, 1.807) is 17.0 Å². The van der Waals surface area contributed by atoms with E-state index in [-0.39, 0.29) is 11.8 Å². The Balaban J connectivity index is 2.32. The van der Waals surface area contributed by atoms with Gasteiger partial charge in [0.25, 0.3) is 0 Å². The molecule has 0 spiro atoms. The van der Waals surface area contributed by atoms with Gasteiger partial charge < -0.3 is 20.3 Å². The Hall–Kier alpha value is -1.47. The second-order valence-electron chi connectivity index (χ2n) is 5.75. The first-order valence-electron chi connectivity index (χ1n) is 8.40. The highest BCUT2D eigenvalue weighted by atomic mass is 32.1. The summed E-state index contributed by atoms with van der Waals surface area (Å²) < 4.78 is 28.5. The molecule has 0 heterocycles. The van der Waals surface area contributed by atoms with Gasteiger partial charge in [-0.05, 0) is 70.1 Å². The van der Waals surface area contributed by atoms with E-state index in [9.17, 15) is 8.78 Å². The molecule has 24 heavy (non-hydrogen) atoms. The first-order chi connectivity index (χ1) is 11.4. The molecule has 0 radical (unpaired) electrons. The maximum Gasteiger partial charge on any atom is 0.387 e. The number of nitrogens with one attached hydrogen (secondary N) is 3. The van der Waals surface area contributed by atoms with E-state index in [1.807, 2.05) is 0 Å². The fourth-order valence-corrected chi connectivity index (χ4v) is 2.76. The van der Waals surface area contributed by atoms with E-state index in [0.717, 1.165) is 31.6 Å². The van der Waals surface area contributed by atoms with Crippen molar-refractivity contribution in [3.8, 4) is 5.75 Å². The third-order valence-corrected chi connectivity index (χ3v) is 4.10. The summed E-state index contributed by atoms with van der Waals surface area (Å²) in [6.07, 6.45) is 2.19. The summed E-state index contributed by atoms with van der Waals surface area (Å²) >= 11 is 5.28. The van der Waals surface area contributed by atoms with Gasteiger partial charge in [0.1, 0.15) is 5.75 Å². The maximum atomic E-state index is 12.1. The van der Waals surface area contributed by atoms with Gasteiger partial charge in [-0.15, -0.1) is 0 Å². The van der Waals surface area contributed by atoms with Gasteiger partial charge in [-0.3, -0.25) is 0 Å². The molecule has 0 bridgehead atoms. The van der Waals surface area contributed by atoms with Gasteiger partial charge >= 0.3 is 6.61 Å². The van der Waals surface area contributed by atoms with Crippen LogP contribution in [0.2, 0.25) is 0 Å². The molecular weight excluding hydrogens is 332 g/mol. The van der Waals surface area contributed by atoms with Gasteiger partial charge in [0.2, 0.25) is 0 Å². The highest BCUT2D eigenvalue weighted by Crippen LogP contribution is 2.17. The van der Waals surface area contributed by atoms with Gasteiger partial charge in [-0.25, -0.2) is 0 Å². The van der Waals surface area contributed by atoms with Crippen LogP contribution >= 0.6 is 12.2 Å². The SMILES string of the molecule is CC[NH+](CC)CCC[C@H](C)NC(=S)Nc1ccc(OC(F)F)cc1. The average Bonchev–Trinajstić information content (AvgIpc) is 2.53. The predicted octanol–water partition coefficient (Wildman–Crippen LogP) is 2.67. The average molecular weight is 360 g/mol. The first kappa shape index (κ1) is 20.6. The number of halogens is 2. The molecule has 0 aromatic heterocycles. The number of anilines is 1. The standard InChI is InChI=1S/C17H27F2N3OS/c1-4-22(5-2)12-6-7-13(3)20-17(24)21-14-8-10-15(11-9-14)23-16(18)19/h8-11,13,16H,4-7,12H2,1-3H3,(H2,20,21,24)/p+1/t13-/m0/s1. The van der Waals surface area contributed by atoms with Crippen molar-refractivity contribution in [3.05, 3.63) is 24.3 Å². The molecule has 7 heteroatoms. The van der Waals surface area contributed by atoms with Crippen LogP contribution in [0.3, 0.4) is 0 Å². The number of ether oxygens (including phenoxy) is 1. The second kappa shape index (κ2) is 11.1. The van der Waals surface area contributed by atoms with Crippen molar-refractivity contribution in [3.63, 3.8) is 0 Å². The Bertz CT molecular complexity index is 481. The van der Waals surface area contributed by atoms with Gasteiger partial charge in [0, 0.05) is 11.7 Å². The lowest BCUT2D eigenvalue weighted by Crippen LogP contribution is -3.11. The number of benzene rings is 1. The Morgan fingerprint density at radius 1 is 1.21 bits per heavy atom. The summed E-state index contributed by atoms with van der Waals surface area (Å²) in [6, 6.07) is 6.54. The summed E-state index contributed by atoms with van der Waals surface area (Å²) in [6.45, 7) is 7.18. The maximum absolute atomic E-state index is 12.1. The highest BCUT2D eigenvalue weighted by Gasteiger charge is 2.08. The fourth-order valence-electron chi connectivity index (χ4n) is 2.44. The lowest BCUT2D eigenvalue weighted by Gasteiger charge is -2.19. The van der Waals surface area contributed by atoms with Crippen molar-refractivity contribution >= 4 is 23.0 Å². The molecule has 0 saturated carbocycles. The second-order valence-corrected chi connectivity index (χ2v) is 6.16. The smallest absolute Gasteiger partial charge is 0.387 e. The number of alkyl halides is 2. The van der Waals surface area contributed by atoms with E-state index in [4.69, 9.17) is 12.2 Å². The van der Waals surface area contributed by atoms with Gasteiger partial charge in [0.15, 0.2) is 5.11 Å². The highest BCUT2D eigenvalue weighted by molar-refractivity contribution is 7.80. The number of rotatable bonds is 10. The van der Waals surface area contributed by atoms with Crippen LogP contribution in [0.1, 0.15) is 33.6 Å². The summed E-state index contributed by atoms with van der Waals surface area (Å²) in [5, 5.41) is 6.82. The Kier molecular flexibility index (Phi) is 9.56. The number of quaternary nitrogens is 1. The van der Waals surface area contributed by atoms with Gasteiger partial charge in [-0.2, -0.15) is 8.78 Å². The molecule has 0 amide bonds. The molecule has 0 aliphatic rings. The van der Waals surface area contributed by atoms with Crippen molar-refractivity contribution in [1.82, 2.24) is 5.32 Å². The van der Waals surface area contributed by atoms with Crippen molar-refractivity contribution in [2.24, 2.45) is 0 Å². The van der Waals surface area contributed by atoms with Crippen LogP contribution in [0.15, 0.2) is 24.3 Å². The minimum atomic E-state index is -2.81. The summed E-state index contributed by atoms with van der Waals surface area (Å²) in [5.41, 5.74) is 0.730. The first-order valence-corrected chi connectivity index (χ1v) is 8.81. The van der Waals surface area contributed by atoms with Crippen molar-refractivity contribution in [2.75, 3.05) is 25.0 Å². The Morgan fingerprint density at radius 3 is 2.38 bits per heavy atom. The van der Waals surface area contributed by atoms with Crippen molar-refractivity contribution < 1.29 is 18.4 Å². The number of hydrogen-bond acceptors (Lipinski definition) is 2. The zero-order chi connectivity index (χ0) is 17.9. The van der Waals surface area contributed by atoms with Crippen LogP contribution in [0, 0.1) is 0 Å². The molecule has 0 unspecified atom stereocenters. The molecule has 0 fully saturated rings. The molecular formula is C17H28F2N3OS+. The molecule has 1 aromatic rings. The third-order valence-electron chi connectivity index (χ3n) is 3.88. The van der Waals surface area contributed by atoms with Crippen LogP contribution in [-0.2, 0) is 0 Å². The van der Waals surface area contributed by atoms with Crippen LogP contribution in [0.4, 0.5) is 14.5 Å². The molecule has 136 valence electrons. The third kappa shape index (κ3) is 8.40. The van der Waals surface area contributed by atoms with E-state index >= 15 is 0 Å². The molecule has 4 nitrogen and oxygen atoms in total. The molecule has 0 aliphatic carbocycles. The molecule has 1 atom stereocenters. The van der Waals surface area contributed by atoms with E-state index in [2.05, 4.69) is 36.1 Å². The summed E-state index contributed by atoms with van der Waals surface area (Å²) in [4.78, 5) is 1.61. The zero-order valence-electron chi connectivity index (χ0n) is 14.6. The molecule has 0 saturated heterocycles. The minimum absolute atomic E-state index is 0.127. The Labute approximate surface area is 148 Å². The van der Waals surface area contributed by atoms with Gasteiger partial charge in [-0.1, -0.05) is 0 Å². The number of hydrogen-bond donors (Lipinski definition) is 3. The number of thiocarbonyl (C=S) groups is 1. The predicted molar refractivity (Wildman–Crippen MR) is 98.0 cm³/mol. The van der Waals surface area contributed by atoms with Crippen molar-refractivity contribution in [2.45, 2.75) is 46.3 Å². The topological polar surface area (TPSA) is 37.7 Å². The largest absolute Gasteiger partial charge is 0.435 e. The van der Waals surface area contributed by atoms with Crippen LogP contribution in [0.5, 0.6) is 5.75 Å². The fraction of sp³-hybridized carbons (Fsp3) is 0.588. The van der Waals surface area contributed by atoms with Gasteiger partial charge in [0.05, 0.1) is 19.6 Å².